The highest BCUT2D eigenvalue weighted by Gasteiger charge is 2.34. The summed E-state index contributed by atoms with van der Waals surface area (Å²) in [7, 11) is -3.33. The quantitative estimate of drug-likeness (QED) is 0.104. The van der Waals surface area contributed by atoms with Crippen LogP contribution in [0.15, 0.2) is 188 Å². The number of rotatable bonds is 4. The largest absolute Gasteiger partial charge is 0.309 e. The highest BCUT2D eigenvalue weighted by molar-refractivity contribution is 7.86. The Balaban J connectivity index is 1.29. The van der Waals surface area contributed by atoms with Crippen molar-refractivity contribution in [2.24, 2.45) is 0 Å². The molecular formula is C49H31N2OP. The number of para-hydroxylation sites is 2. The van der Waals surface area contributed by atoms with Crippen LogP contribution in [0.3, 0.4) is 0 Å². The lowest BCUT2D eigenvalue weighted by Gasteiger charge is -2.25. The Morgan fingerprint density at radius 1 is 0.434 bits per heavy atom. The predicted octanol–water partition coefficient (Wildman–Crippen LogP) is 11.6. The second-order valence-electron chi connectivity index (χ2n) is 13.8. The first-order valence-electron chi connectivity index (χ1n) is 18.0. The SMILES string of the molecule is O=P(c1ccccc1)(c1ccccc1)c1c2ccccc2c(-c2ccc3ccc4c5ccccc5c5nc6ccccc6n5c4c3c2)c2ccccc12. The lowest BCUT2D eigenvalue weighted by atomic mass is 9.90. The molecule has 2 heterocycles. The Kier molecular flexibility index (Phi) is 6.53. The zero-order chi connectivity index (χ0) is 35.1. The third-order valence-electron chi connectivity index (χ3n) is 11.0. The first kappa shape index (κ1) is 30.1. The van der Waals surface area contributed by atoms with Crippen LogP contribution in [0.4, 0.5) is 0 Å². The van der Waals surface area contributed by atoms with E-state index in [0.717, 1.165) is 81.6 Å². The molecule has 0 unspecified atom stereocenters. The third kappa shape index (κ3) is 4.29. The summed E-state index contributed by atoms with van der Waals surface area (Å²) < 4.78 is 18.5. The van der Waals surface area contributed by atoms with Crippen molar-refractivity contribution in [2.45, 2.75) is 0 Å². The van der Waals surface area contributed by atoms with Gasteiger partial charge in [-0.2, -0.15) is 0 Å². The average Bonchev–Trinajstić information content (AvgIpc) is 3.63. The molecule has 4 heteroatoms. The van der Waals surface area contributed by atoms with E-state index in [1.807, 2.05) is 60.7 Å². The molecule has 11 aromatic rings. The molecule has 0 bridgehead atoms. The Morgan fingerprint density at radius 3 is 1.62 bits per heavy atom. The van der Waals surface area contributed by atoms with Crippen LogP contribution in [-0.4, -0.2) is 9.38 Å². The van der Waals surface area contributed by atoms with Crippen molar-refractivity contribution >= 4 is 93.7 Å². The Morgan fingerprint density at radius 2 is 0.962 bits per heavy atom. The smallest absolute Gasteiger partial charge is 0.172 e. The van der Waals surface area contributed by atoms with Gasteiger partial charge in [0, 0.05) is 32.1 Å². The van der Waals surface area contributed by atoms with Gasteiger partial charge >= 0.3 is 0 Å². The Hall–Kier alpha value is -6.54. The molecule has 248 valence electrons. The van der Waals surface area contributed by atoms with Crippen LogP contribution in [0.25, 0.3) is 81.8 Å². The van der Waals surface area contributed by atoms with E-state index in [4.69, 9.17) is 4.98 Å². The molecule has 53 heavy (non-hydrogen) atoms. The highest BCUT2D eigenvalue weighted by atomic mass is 31.2. The summed E-state index contributed by atoms with van der Waals surface area (Å²) >= 11 is 0. The van der Waals surface area contributed by atoms with Crippen LogP contribution in [-0.2, 0) is 4.57 Å². The monoisotopic (exact) mass is 694 g/mol. The van der Waals surface area contributed by atoms with Gasteiger partial charge in [-0.25, -0.2) is 4.98 Å². The van der Waals surface area contributed by atoms with Crippen LogP contribution >= 0.6 is 7.14 Å². The fourth-order valence-corrected chi connectivity index (χ4v) is 11.8. The summed E-state index contributed by atoms with van der Waals surface area (Å²) in [6, 6.07) is 65.5. The molecule has 0 saturated heterocycles. The Bertz CT molecular complexity index is 3210. The van der Waals surface area contributed by atoms with Crippen molar-refractivity contribution in [3.63, 3.8) is 0 Å². The second-order valence-corrected chi connectivity index (χ2v) is 16.5. The van der Waals surface area contributed by atoms with Gasteiger partial charge in [-0.15, -0.1) is 0 Å². The first-order valence-corrected chi connectivity index (χ1v) is 19.7. The standard InChI is InChI=1S/C49H31N2OP/c52-53(34-15-3-1-4-16-34,35-17-5-2-6-18-35)48-40-22-10-8-20-37(40)46(38-21-9-11-23-41(38)48)33-28-27-32-29-30-39-36-19-7-12-24-42(36)49-50-44-25-13-14-26-45(44)51(49)47(39)43(32)31-33/h1-31H. The maximum atomic E-state index is 16.1. The van der Waals surface area contributed by atoms with Crippen molar-refractivity contribution < 1.29 is 4.57 Å². The highest BCUT2D eigenvalue weighted by Crippen LogP contribution is 2.49. The summed E-state index contributed by atoms with van der Waals surface area (Å²) in [5.74, 6) is 0. The van der Waals surface area contributed by atoms with Gasteiger partial charge < -0.3 is 4.57 Å². The molecule has 0 saturated carbocycles. The van der Waals surface area contributed by atoms with Gasteiger partial charge in [0.15, 0.2) is 7.14 Å². The zero-order valence-corrected chi connectivity index (χ0v) is 29.5. The van der Waals surface area contributed by atoms with Crippen LogP contribution in [0.1, 0.15) is 0 Å². The van der Waals surface area contributed by atoms with E-state index in [1.165, 1.54) is 16.2 Å². The van der Waals surface area contributed by atoms with E-state index in [0.29, 0.717) is 0 Å². The van der Waals surface area contributed by atoms with Gasteiger partial charge in [0.1, 0.15) is 5.65 Å². The maximum absolute atomic E-state index is 16.1. The van der Waals surface area contributed by atoms with Crippen LogP contribution in [0.2, 0.25) is 0 Å². The molecule has 0 N–H and O–H groups in total. The van der Waals surface area contributed by atoms with Crippen molar-refractivity contribution in [2.75, 3.05) is 0 Å². The summed E-state index contributed by atoms with van der Waals surface area (Å²) in [5.41, 5.74) is 6.43. The minimum absolute atomic E-state index is 0.829. The molecule has 0 spiro atoms. The number of aromatic nitrogens is 2. The van der Waals surface area contributed by atoms with E-state index in [-0.39, 0.29) is 0 Å². The second kappa shape index (κ2) is 11.5. The van der Waals surface area contributed by atoms with Crippen LogP contribution < -0.4 is 15.9 Å². The molecule has 0 amide bonds. The van der Waals surface area contributed by atoms with E-state index >= 15 is 4.57 Å². The van der Waals surface area contributed by atoms with Gasteiger partial charge in [-0.3, -0.25) is 4.40 Å². The molecule has 0 radical (unpaired) electrons. The van der Waals surface area contributed by atoms with Gasteiger partial charge in [-0.05, 0) is 61.6 Å². The topological polar surface area (TPSA) is 34.4 Å². The number of imidazole rings is 1. The van der Waals surface area contributed by atoms with Crippen LogP contribution in [0.5, 0.6) is 0 Å². The minimum atomic E-state index is -3.33. The number of nitrogens with zero attached hydrogens (tertiary/aromatic N) is 2. The normalized spacial score (nSPS) is 12.2. The average molecular weight is 695 g/mol. The lowest BCUT2D eigenvalue weighted by molar-refractivity contribution is 0.593. The molecule has 11 rings (SSSR count). The summed E-state index contributed by atoms with van der Waals surface area (Å²) in [4.78, 5) is 5.18. The number of hydrogen-bond donors (Lipinski definition) is 0. The maximum Gasteiger partial charge on any atom is 0.172 e. The van der Waals surface area contributed by atoms with Crippen molar-refractivity contribution in [1.29, 1.82) is 0 Å². The van der Waals surface area contributed by atoms with Crippen molar-refractivity contribution in [3.05, 3.63) is 188 Å². The number of pyridine rings is 1. The van der Waals surface area contributed by atoms with Gasteiger partial charge in [0.05, 0.1) is 16.6 Å². The zero-order valence-electron chi connectivity index (χ0n) is 28.6. The minimum Gasteiger partial charge on any atom is -0.309 e. The van der Waals surface area contributed by atoms with E-state index in [2.05, 4.69) is 132 Å². The molecule has 0 aliphatic rings. The fraction of sp³-hybridized carbons (Fsp3) is 0. The molecule has 0 fully saturated rings. The molecular weight excluding hydrogens is 664 g/mol. The molecule has 2 aromatic heterocycles. The number of hydrogen-bond acceptors (Lipinski definition) is 2. The lowest BCUT2D eigenvalue weighted by Crippen LogP contribution is -2.26. The van der Waals surface area contributed by atoms with Gasteiger partial charge in [-0.1, -0.05) is 170 Å². The Labute approximate surface area is 305 Å². The summed E-state index contributed by atoms with van der Waals surface area (Å²) in [6.07, 6.45) is 0. The molecule has 9 aromatic carbocycles. The molecule has 0 aliphatic carbocycles. The fourth-order valence-electron chi connectivity index (χ4n) is 8.70. The van der Waals surface area contributed by atoms with Gasteiger partial charge in [0.2, 0.25) is 0 Å². The van der Waals surface area contributed by atoms with Crippen molar-refractivity contribution in [1.82, 2.24) is 9.38 Å². The van der Waals surface area contributed by atoms with E-state index in [9.17, 15) is 0 Å². The molecule has 0 aliphatic heterocycles. The number of fused-ring (bicyclic) bond motifs is 12. The molecule has 3 nitrogen and oxygen atoms in total. The molecule has 0 atom stereocenters. The summed E-state index contributed by atoms with van der Waals surface area (Å²) in [5, 5.41) is 12.6. The van der Waals surface area contributed by atoms with Gasteiger partial charge in [0.25, 0.3) is 0 Å². The summed E-state index contributed by atoms with van der Waals surface area (Å²) in [6.45, 7) is 0. The number of benzene rings is 9. The van der Waals surface area contributed by atoms with E-state index < -0.39 is 7.14 Å². The third-order valence-corrected chi connectivity index (χ3v) is 14.1. The van der Waals surface area contributed by atoms with Crippen molar-refractivity contribution in [3.8, 4) is 11.1 Å². The van der Waals surface area contributed by atoms with E-state index in [1.54, 1.807) is 0 Å². The first-order chi connectivity index (χ1) is 26.2. The van der Waals surface area contributed by atoms with Crippen LogP contribution in [0, 0.1) is 0 Å². The predicted molar refractivity (Wildman–Crippen MR) is 225 cm³/mol.